The molecule has 0 aromatic heterocycles. The van der Waals surface area contributed by atoms with Gasteiger partial charge in [-0.3, -0.25) is 0 Å². The van der Waals surface area contributed by atoms with Gasteiger partial charge in [0.15, 0.2) is 23.3 Å². The topological polar surface area (TPSA) is 17.1 Å². The maximum Gasteiger partial charge on any atom is 0.200 e. The standard InChI is InChI=1S/C11H9F5O/c1-4(3-5(2)17)6-7(12)9(14)11(16)10(15)8(6)13/h4H,3H2,1-2H3. The Morgan fingerprint density at radius 3 is 1.65 bits per heavy atom. The van der Waals surface area contributed by atoms with Crippen LogP contribution in [-0.2, 0) is 4.79 Å². The van der Waals surface area contributed by atoms with Gasteiger partial charge in [-0.1, -0.05) is 6.92 Å². The van der Waals surface area contributed by atoms with Gasteiger partial charge in [-0.2, -0.15) is 0 Å². The largest absolute Gasteiger partial charge is 0.300 e. The summed E-state index contributed by atoms with van der Waals surface area (Å²) in [7, 11) is 0. The molecule has 0 fully saturated rings. The van der Waals surface area contributed by atoms with E-state index in [9.17, 15) is 26.7 Å². The maximum absolute atomic E-state index is 13.3. The van der Waals surface area contributed by atoms with Crippen molar-refractivity contribution >= 4 is 5.78 Å². The van der Waals surface area contributed by atoms with Crippen LogP contribution >= 0.6 is 0 Å². The van der Waals surface area contributed by atoms with E-state index in [1.807, 2.05) is 0 Å². The van der Waals surface area contributed by atoms with E-state index < -0.39 is 46.4 Å². The fourth-order valence-corrected chi connectivity index (χ4v) is 1.59. The van der Waals surface area contributed by atoms with Gasteiger partial charge in [-0.25, -0.2) is 22.0 Å². The van der Waals surface area contributed by atoms with E-state index in [-0.39, 0.29) is 6.42 Å². The summed E-state index contributed by atoms with van der Waals surface area (Å²) in [6.07, 6.45) is -0.293. The second-order valence-corrected chi connectivity index (χ2v) is 3.79. The van der Waals surface area contributed by atoms with Crippen molar-refractivity contribution in [3.63, 3.8) is 0 Å². The number of carbonyl (C=O) groups is 1. The fourth-order valence-electron chi connectivity index (χ4n) is 1.59. The summed E-state index contributed by atoms with van der Waals surface area (Å²) in [5.41, 5.74) is -0.948. The van der Waals surface area contributed by atoms with Crippen LogP contribution in [0, 0.1) is 29.1 Å². The Kier molecular flexibility index (Phi) is 3.85. The molecule has 0 radical (unpaired) electrons. The molecule has 0 aliphatic carbocycles. The molecular formula is C11H9F5O. The summed E-state index contributed by atoms with van der Waals surface area (Å²) in [6.45, 7) is 2.39. The third-order valence-electron chi connectivity index (χ3n) is 2.33. The molecule has 1 rings (SSSR count). The van der Waals surface area contributed by atoms with Crippen LogP contribution in [-0.4, -0.2) is 5.78 Å². The average Bonchev–Trinajstić information content (AvgIpc) is 2.23. The first-order chi connectivity index (χ1) is 7.77. The van der Waals surface area contributed by atoms with Gasteiger partial charge in [-0.15, -0.1) is 0 Å². The van der Waals surface area contributed by atoms with Crippen LogP contribution in [0.4, 0.5) is 22.0 Å². The Hall–Kier alpha value is -1.46. The molecule has 0 heterocycles. The maximum atomic E-state index is 13.3. The van der Waals surface area contributed by atoms with Crippen LogP contribution in [0.2, 0.25) is 0 Å². The highest BCUT2D eigenvalue weighted by Crippen LogP contribution is 2.30. The molecule has 94 valence electrons. The van der Waals surface area contributed by atoms with Crippen LogP contribution in [0.25, 0.3) is 0 Å². The number of carbonyl (C=O) groups excluding carboxylic acids is 1. The molecular weight excluding hydrogens is 243 g/mol. The number of rotatable bonds is 3. The van der Waals surface area contributed by atoms with E-state index in [1.165, 1.54) is 13.8 Å². The molecule has 0 bridgehead atoms. The first-order valence-corrected chi connectivity index (χ1v) is 4.78. The van der Waals surface area contributed by atoms with Gasteiger partial charge in [-0.05, 0) is 12.8 Å². The summed E-state index contributed by atoms with van der Waals surface area (Å²) in [6, 6.07) is 0. The van der Waals surface area contributed by atoms with Gasteiger partial charge in [0.2, 0.25) is 5.82 Å². The summed E-state index contributed by atoms with van der Waals surface area (Å²) < 4.78 is 65.0. The van der Waals surface area contributed by atoms with Crippen LogP contribution < -0.4 is 0 Å². The first-order valence-electron chi connectivity index (χ1n) is 4.78. The Balaban J connectivity index is 3.38. The highest BCUT2D eigenvalue weighted by Gasteiger charge is 2.28. The van der Waals surface area contributed by atoms with Crippen LogP contribution in [0.15, 0.2) is 0 Å². The van der Waals surface area contributed by atoms with Crippen molar-refractivity contribution in [2.75, 3.05) is 0 Å². The van der Waals surface area contributed by atoms with E-state index in [2.05, 4.69) is 0 Å². The van der Waals surface area contributed by atoms with E-state index in [4.69, 9.17) is 0 Å². The predicted molar refractivity (Wildman–Crippen MR) is 49.9 cm³/mol. The van der Waals surface area contributed by atoms with Crippen LogP contribution in [0.1, 0.15) is 31.7 Å². The Bertz CT molecular complexity index is 440. The number of benzene rings is 1. The zero-order valence-electron chi connectivity index (χ0n) is 9.08. The molecule has 0 N–H and O–H groups in total. The smallest absolute Gasteiger partial charge is 0.200 e. The number of hydrogen-bond acceptors (Lipinski definition) is 1. The van der Waals surface area contributed by atoms with Crippen molar-refractivity contribution in [2.45, 2.75) is 26.2 Å². The molecule has 6 heteroatoms. The minimum Gasteiger partial charge on any atom is -0.300 e. The lowest BCUT2D eigenvalue weighted by Crippen LogP contribution is -2.11. The molecule has 1 aromatic carbocycles. The number of ketones is 1. The van der Waals surface area contributed by atoms with E-state index in [0.29, 0.717) is 0 Å². The Morgan fingerprint density at radius 1 is 0.941 bits per heavy atom. The zero-order valence-corrected chi connectivity index (χ0v) is 9.08. The number of hydrogen-bond donors (Lipinski definition) is 0. The third kappa shape index (κ3) is 2.45. The molecule has 1 atom stereocenters. The molecule has 1 unspecified atom stereocenters. The van der Waals surface area contributed by atoms with Gasteiger partial charge in [0, 0.05) is 12.0 Å². The highest BCUT2D eigenvalue weighted by molar-refractivity contribution is 5.76. The van der Waals surface area contributed by atoms with E-state index in [1.54, 1.807) is 0 Å². The summed E-state index contributed by atoms with van der Waals surface area (Å²) in [5, 5.41) is 0. The molecule has 17 heavy (non-hydrogen) atoms. The second kappa shape index (κ2) is 4.81. The first kappa shape index (κ1) is 13.6. The molecule has 0 aliphatic rings. The lowest BCUT2D eigenvalue weighted by atomic mass is 9.94. The van der Waals surface area contributed by atoms with E-state index in [0.717, 1.165) is 0 Å². The lowest BCUT2D eigenvalue weighted by Gasteiger charge is -2.13. The quantitative estimate of drug-likeness (QED) is 0.457. The van der Waals surface area contributed by atoms with Crippen molar-refractivity contribution in [1.82, 2.24) is 0 Å². The SMILES string of the molecule is CC(=O)CC(C)c1c(F)c(F)c(F)c(F)c1F. The Labute approximate surface area is 94.2 Å². The molecule has 0 saturated carbocycles. The monoisotopic (exact) mass is 252 g/mol. The summed E-state index contributed by atoms with van der Waals surface area (Å²) in [4.78, 5) is 10.8. The third-order valence-corrected chi connectivity index (χ3v) is 2.33. The van der Waals surface area contributed by atoms with Gasteiger partial charge < -0.3 is 4.79 Å². The van der Waals surface area contributed by atoms with Gasteiger partial charge >= 0.3 is 0 Å². The molecule has 1 aromatic rings. The number of halogens is 5. The summed E-state index contributed by atoms with van der Waals surface area (Å²) in [5.74, 6) is -11.4. The average molecular weight is 252 g/mol. The van der Waals surface area contributed by atoms with Crippen LogP contribution in [0.3, 0.4) is 0 Å². The second-order valence-electron chi connectivity index (χ2n) is 3.79. The van der Waals surface area contributed by atoms with Crippen molar-refractivity contribution in [3.8, 4) is 0 Å². The van der Waals surface area contributed by atoms with Crippen molar-refractivity contribution in [3.05, 3.63) is 34.6 Å². The highest BCUT2D eigenvalue weighted by atomic mass is 19.2. The molecule has 0 aliphatic heterocycles. The molecule has 0 amide bonds. The molecule has 0 saturated heterocycles. The van der Waals surface area contributed by atoms with Crippen molar-refractivity contribution in [1.29, 1.82) is 0 Å². The number of Topliss-reactive ketones (excluding diaryl/α,β-unsaturated/α-hetero) is 1. The minimum absolute atomic E-state index is 0.293. The van der Waals surface area contributed by atoms with Crippen molar-refractivity contribution < 1.29 is 26.7 Å². The van der Waals surface area contributed by atoms with E-state index >= 15 is 0 Å². The Morgan fingerprint density at radius 2 is 1.29 bits per heavy atom. The lowest BCUT2D eigenvalue weighted by molar-refractivity contribution is -0.117. The fraction of sp³-hybridized carbons (Fsp3) is 0.364. The zero-order chi connectivity index (χ0) is 13.3. The summed E-state index contributed by atoms with van der Waals surface area (Å²) >= 11 is 0. The van der Waals surface area contributed by atoms with Gasteiger partial charge in [0.05, 0.1) is 0 Å². The van der Waals surface area contributed by atoms with Crippen LogP contribution in [0.5, 0.6) is 0 Å². The normalized spacial score (nSPS) is 12.6. The minimum atomic E-state index is -2.20. The molecule has 1 nitrogen and oxygen atoms in total. The van der Waals surface area contributed by atoms with Crippen molar-refractivity contribution in [2.24, 2.45) is 0 Å². The van der Waals surface area contributed by atoms with Gasteiger partial charge in [0.25, 0.3) is 0 Å². The van der Waals surface area contributed by atoms with Gasteiger partial charge in [0.1, 0.15) is 5.78 Å². The predicted octanol–water partition coefficient (Wildman–Crippen LogP) is 3.46. The molecule has 0 spiro atoms.